The van der Waals surface area contributed by atoms with Gasteiger partial charge in [0.15, 0.2) is 17.5 Å². The number of nitrogens with one attached hydrogen (secondary N) is 3. The van der Waals surface area contributed by atoms with Gasteiger partial charge in [0, 0.05) is 71.3 Å². The Morgan fingerprint density at radius 2 is 1.30 bits per heavy atom. The van der Waals surface area contributed by atoms with Gasteiger partial charge in [-0.15, -0.1) is 24.8 Å². The molecule has 1 heterocycles. The van der Waals surface area contributed by atoms with Gasteiger partial charge in [-0.3, -0.25) is 33.6 Å². The van der Waals surface area contributed by atoms with E-state index in [0.29, 0.717) is 19.4 Å². The van der Waals surface area contributed by atoms with Crippen molar-refractivity contribution in [2.75, 3.05) is 40.3 Å². The fraction of sp³-hybridized carbons (Fsp3) is 0.486. The number of hydrogen-bond donors (Lipinski definition) is 7. The molecule has 3 fully saturated rings. The predicted molar refractivity (Wildman–Crippen MR) is 357 cm³/mol. The molecule has 0 aromatic heterocycles. The summed E-state index contributed by atoms with van der Waals surface area (Å²) >= 11 is 0. The molecule has 9 N–H and O–H groups in total. The number of benzene rings is 4. The van der Waals surface area contributed by atoms with Gasteiger partial charge in [-0.2, -0.15) is 0 Å². The zero-order valence-electron chi connectivity index (χ0n) is 55.8. The van der Waals surface area contributed by atoms with Gasteiger partial charge < -0.3 is 75.9 Å². The lowest BCUT2D eigenvalue weighted by Crippen LogP contribution is -2.82. The highest BCUT2D eigenvalue weighted by Crippen LogP contribution is 2.64. The second-order valence-electron chi connectivity index (χ2n) is 25.8. The summed E-state index contributed by atoms with van der Waals surface area (Å²) in [6, 6.07) is 27.9. The Labute approximate surface area is 576 Å². The van der Waals surface area contributed by atoms with E-state index in [1.54, 1.807) is 97.1 Å². The van der Waals surface area contributed by atoms with Crippen molar-refractivity contribution < 1.29 is 86.6 Å². The number of ether oxygens (including phenoxy) is 6. The van der Waals surface area contributed by atoms with Crippen LogP contribution < -0.4 is 27.4 Å². The van der Waals surface area contributed by atoms with Gasteiger partial charge in [0.25, 0.3) is 5.91 Å². The molecule has 2 bridgehead atoms. The molecule has 5 amide bonds. The summed E-state index contributed by atoms with van der Waals surface area (Å²) in [5.74, 6) is -9.24. The van der Waals surface area contributed by atoms with Crippen LogP contribution in [0.1, 0.15) is 118 Å². The standard InChI is InChI=1S/C70H87N7O18.2ClH/c1-40-50(38-70(89)59(94-64(86)47-30-20-13-21-31-47)57-68(7,51(80)37-52-69(57,39-90-52)95-43(4)79)58(81)55(91-42(3)78)53(40)67(70,5)6)92-65(87)56(54(45-26-16-11-17-27-45)75-61(83)46-28-18-12-19-29-46)93-66(88)77(9)35-34-76(8)63(85)48(32-22-23-33-71)73-62(84)49(74-60(82)41(2)72)36-44-24-14-10-15-25-44;;/h10-21,24-31,41,48-52,54-57,59,80,89H,22-23,32-39,71-72H2,1-9H3,(H,73,84)(H,74,82)(H,75,83);2*1H/t41-,48+,49+,50?,51+,52-,54?,55-,56-,57+,59+,68-,69+,70-;;/m1../s1. The highest BCUT2D eigenvalue weighted by molar-refractivity contribution is 5.97. The van der Waals surface area contributed by atoms with Crippen molar-refractivity contribution >= 4 is 84.2 Å². The van der Waals surface area contributed by atoms with Gasteiger partial charge in [-0.25, -0.2) is 14.4 Å². The number of nitrogens with zero attached hydrogens (tertiary/aromatic N) is 2. The van der Waals surface area contributed by atoms with E-state index in [1.807, 2.05) is 0 Å². The van der Waals surface area contributed by atoms with Gasteiger partial charge in [0.05, 0.1) is 35.6 Å². The molecule has 0 radical (unpaired) electrons. The largest absolute Gasteiger partial charge is 0.455 e. The number of likely N-dealkylation sites (N-methyl/N-ethyl adjacent to an activating group) is 2. The molecule has 3 aliphatic carbocycles. The smallest absolute Gasteiger partial charge is 0.410 e. The van der Waals surface area contributed by atoms with Crippen LogP contribution in [0, 0.1) is 16.7 Å². The summed E-state index contributed by atoms with van der Waals surface area (Å²) in [5.41, 5.74) is 4.36. The van der Waals surface area contributed by atoms with Crippen LogP contribution in [0.15, 0.2) is 132 Å². The summed E-state index contributed by atoms with van der Waals surface area (Å²) in [6.45, 7) is 9.04. The van der Waals surface area contributed by atoms with E-state index in [0.717, 1.165) is 24.3 Å². The highest BCUT2D eigenvalue weighted by atomic mass is 35.5. The minimum absolute atomic E-state index is 0. The van der Waals surface area contributed by atoms with E-state index >= 15 is 9.59 Å². The zero-order valence-corrected chi connectivity index (χ0v) is 57.4. The number of hydrogen-bond acceptors (Lipinski definition) is 20. The average Bonchev–Trinajstić information content (AvgIpc) is 0.670. The van der Waals surface area contributed by atoms with E-state index in [4.69, 9.17) is 39.9 Å². The number of amides is 5. The van der Waals surface area contributed by atoms with E-state index in [1.165, 1.54) is 77.9 Å². The number of rotatable bonds is 25. The van der Waals surface area contributed by atoms with Crippen molar-refractivity contribution in [2.24, 2.45) is 28.2 Å². The summed E-state index contributed by atoms with van der Waals surface area (Å²) < 4.78 is 37.4. The molecule has 14 atom stereocenters. The summed E-state index contributed by atoms with van der Waals surface area (Å²) in [5, 5.41) is 34.9. The first-order chi connectivity index (χ1) is 45.0. The molecular weight excluding hydrogens is 1300 g/mol. The molecule has 1 aliphatic heterocycles. The number of esters is 4. The number of halogens is 2. The Balaban J connectivity index is 0.00000743. The Morgan fingerprint density at radius 3 is 1.86 bits per heavy atom. The third kappa shape index (κ3) is 16.6. The molecule has 97 heavy (non-hydrogen) atoms. The minimum Gasteiger partial charge on any atom is -0.455 e. The van der Waals surface area contributed by atoms with Crippen LogP contribution in [-0.2, 0) is 68.4 Å². The number of carbonyl (C=O) groups excluding carboxylic acids is 10. The number of Topliss-reactive ketones (excluding diaryl/α,β-unsaturated/α-hetero) is 1. The molecule has 27 heteroatoms. The number of aliphatic hydroxyl groups excluding tert-OH is 1. The lowest BCUT2D eigenvalue weighted by atomic mass is 9.44. The van der Waals surface area contributed by atoms with Gasteiger partial charge in [-0.1, -0.05) is 111 Å². The third-order valence-electron chi connectivity index (χ3n) is 19.0. The van der Waals surface area contributed by atoms with Crippen LogP contribution in [0.3, 0.4) is 0 Å². The van der Waals surface area contributed by atoms with Crippen LogP contribution in [0.5, 0.6) is 0 Å². The Bertz CT molecular complexity index is 3520. The SMILES string of the molecule is CC(=O)O[C@H]1C(=O)[C@@]2(C)[C@H]([C@H](OC(=O)c3ccccc3)[C@]3(O)CC(OC(=O)[C@H](OC(=O)N(C)CCN(C)C(=O)[C@H](CCCCN)NC(=O)[C@H](Cc4ccccc4)NC(=O)[C@@H](C)N)C(NC(=O)c4ccccc4)c4ccccc4)C(C)=C1C3(C)C)[C@]1(OC(C)=O)CO[C@@H]1C[C@@H]2O.Cl.Cl. The predicted octanol–water partition coefficient (Wildman–Crippen LogP) is 4.80. The zero-order chi connectivity index (χ0) is 69.3. The molecule has 4 aromatic carbocycles. The quantitative estimate of drug-likeness (QED) is 0.0203. The number of ketones is 1. The van der Waals surface area contributed by atoms with Gasteiger partial charge >= 0.3 is 30.0 Å². The first-order valence-corrected chi connectivity index (χ1v) is 31.8. The number of carbonyl (C=O) groups is 10. The molecule has 25 nitrogen and oxygen atoms in total. The van der Waals surface area contributed by atoms with Crippen LogP contribution in [0.4, 0.5) is 4.79 Å². The Hall–Kier alpha value is -8.30. The monoisotopic (exact) mass is 1390 g/mol. The lowest BCUT2D eigenvalue weighted by molar-refractivity contribution is -0.346. The van der Waals surface area contributed by atoms with E-state index in [9.17, 15) is 48.6 Å². The molecular formula is C70H89Cl2N7O18. The number of nitrogens with two attached hydrogens (primary N) is 2. The Kier molecular flexibility index (Phi) is 26.3. The molecule has 2 saturated carbocycles. The lowest BCUT2D eigenvalue weighted by Gasteiger charge is -2.67. The summed E-state index contributed by atoms with van der Waals surface area (Å²) in [7, 11) is 2.79. The van der Waals surface area contributed by atoms with Crippen LogP contribution in [-0.4, -0.2) is 186 Å². The van der Waals surface area contributed by atoms with Crippen molar-refractivity contribution in [3.05, 3.63) is 155 Å². The summed E-state index contributed by atoms with van der Waals surface area (Å²) in [6.07, 6.45) is -11.4. The molecule has 0 spiro atoms. The minimum atomic E-state index is -2.56. The molecule has 526 valence electrons. The van der Waals surface area contributed by atoms with Crippen molar-refractivity contribution in [3.8, 4) is 0 Å². The van der Waals surface area contributed by atoms with Crippen molar-refractivity contribution in [1.29, 1.82) is 0 Å². The molecule has 8 rings (SSSR count). The molecule has 1 saturated heterocycles. The van der Waals surface area contributed by atoms with Gasteiger partial charge in [-0.05, 0) is 93.1 Å². The first-order valence-electron chi connectivity index (χ1n) is 31.8. The highest BCUT2D eigenvalue weighted by Gasteiger charge is 2.78. The van der Waals surface area contributed by atoms with Crippen molar-refractivity contribution in [2.45, 2.75) is 159 Å². The third-order valence-corrected chi connectivity index (χ3v) is 19.0. The molecule has 2 unspecified atom stereocenters. The van der Waals surface area contributed by atoms with E-state index in [2.05, 4.69) is 16.0 Å². The van der Waals surface area contributed by atoms with Crippen LogP contribution >= 0.6 is 24.8 Å². The van der Waals surface area contributed by atoms with Gasteiger partial charge in [0.2, 0.25) is 23.8 Å². The van der Waals surface area contributed by atoms with E-state index < -0.39 is 161 Å². The maximum absolute atomic E-state index is 16.0. The summed E-state index contributed by atoms with van der Waals surface area (Å²) in [4.78, 5) is 146. The number of aliphatic hydroxyl groups is 2. The van der Waals surface area contributed by atoms with Crippen molar-refractivity contribution in [1.82, 2.24) is 25.8 Å². The van der Waals surface area contributed by atoms with E-state index in [-0.39, 0.29) is 85.0 Å². The maximum atomic E-state index is 16.0. The van der Waals surface area contributed by atoms with Crippen LogP contribution in [0.2, 0.25) is 0 Å². The second kappa shape index (κ2) is 32.8. The fourth-order valence-electron chi connectivity index (χ4n) is 13.6. The van der Waals surface area contributed by atoms with Gasteiger partial charge in [0.1, 0.15) is 42.0 Å². The molecule has 4 aliphatic rings. The fourth-order valence-corrected chi connectivity index (χ4v) is 13.6. The first kappa shape index (κ1) is 77.7. The number of fused-ring (bicyclic) bond motifs is 5. The molecule has 4 aromatic rings. The van der Waals surface area contributed by atoms with Crippen LogP contribution in [0.25, 0.3) is 0 Å². The normalized spacial score (nSPS) is 25.1. The Morgan fingerprint density at radius 1 is 0.732 bits per heavy atom. The topological polar surface area (TPSA) is 361 Å². The number of unbranched alkanes of at least 4 members (excludes halogenated alkanes) is 1. The maximum Gasteiger partial charge on any atom is 0.410 e. The van der Waals surface area contributed by atoms with Crippen molar-refractivity contribution in [3.63, 3.8) is 0 Å². The average molecular weight is 1390 g/mol. The second-order valence-corrected chi connectivity index (χ2v) is 25.8.